The summed E-state index contributed by atoms with van der Waals surface area (Å²) in [4.78, 5) is 27.6. The first-order valence-electron chi connectivity index (χ1n) is 43.7. The van der Waals surface area contributed by atoms with Crippen LogP contribution in [0.5, 0.6) is 0 Å². The number of hydrogen-bond donors (Lipinski definition) is 1. The normalized spacial score (nSPS) is 25.8. The van der Waals surface area contributed by atoms with Crippen LogP contribution in [-0.4, -0.2) is 166 Å². The van der Waals surface area contributed by atoms with Gasteiger partial charge in [0.25, 0.3) is 0 Å². The molecule has 0 unspecified atom stereocenters. The van der Waals surface area contributed by atoms with Gasteiger partial charge in [-0.15, -0.1) is 0 Å². The van der Waals surface area contributed by atoms with Crippen LogP contribution in [0.3, 0.4) is 0 Å². The molecule has 0 amide bonds. The van der Waals surface area contributed by atoms with Gasteiger partial charge in [-0.2, -0.15) is 0 Å². The molecule has 0 bridgehead atoms. The third-order valence-corrected chi connectivity index (χ3v) is 22.5. The van der Waals surface area contributed by atoms with Gasteiger partial charge < -0.3 is 99.8 Å². The van der Waals surface area contributed by atoms with Crippen molar-refractivity contribution in [3.63, 3.8) is 0 Å². The Hall–Kier alpha value is -10.4. The van der Waals surface area contributed by atoms with Gasteiger partial charge in [-0.1, -0.05) is 334 Å². The Morgan fingerprint density at radius 2 is 0.453 bits per heavy atom. The Morgan fingerprint density at radius 1 is 0.227 bits per heavy atom. The van der Waals surface area contributed by atoms with Gasteiger partial charge >= 0.3 is 11.9 Å². The molecule has 20 atom stereocenters. The maximum atomic E-state index is 14.2. The van der Waals surface area contributed by atoms with Gasteiger partial charge in [0.1, 0.15) is 98.2 Å². The van der Waals surface area contributed by atoms with E-state index in [0.29, 0.717) is 0 Å². The van der Waals surface area contributed by atoms with Crippen LogP contribution in [0.15, 0.2) is 334 Å². The molecule has 23 nitrogen and oxygen atoms in total. The fraction of sp³-hybridized carbons (Fsp3) is 0.352. The summed E-state index contributed by atoms with van der Waals surface area (Å²) in [6.07, 6.45) is -25.9. The lowest BCUT2D eigenvalue weighted by atomic mass is 9.95. The summed E-state index contributed by atoms with van der Waals surface area (Å²) < 4.78 is 144. The molecule has 0 spiro atoms. The topological polar surface area (TPSA) is 239 Å². The van der Waals surface area contributed by atoms with Crippen LogP contribution in [0, 0.1) is 0 Å². The van der Waals surface area contributed by atoms with E-state index >= 15 is 0 Å². The van der Waals surface area contributed by atoms with E-state index in [1.807, 2.05) is 334 Å². The Kier molecular flexibility index (Phi) is 35.2. The molecule has 11 aromatic carbocycles. The van der Waals surface area contributed by atoms with E-state index in [1.165, 1.54) is 13.8 Å². The summed E-state index contributed by atoms with van der Waals surface area (Å²) >= 11 is 0. The third-order valence-electron chi connectivity index (χ3n) is 22.5. The predicted molar refractivity (Wildman–Crippen MR) is 472 cm³/mol. The van der Waals surface area contributed by atoms with Crippen molar-refractivity contribution in [1.29, 1.82) is 0 Å². The van der Waals surface area contributed by atoms with Crippen molar-refractivity contribution in [2.24, 2.45) is 0 Å². The lowest BCUT2D eigenvalue weighted by Gasteiger charge is -2.52. The highest BCUT2D eigenvalue weighted by Gasteiger charge is 2.59. The minimum absolute atomic E-state index is 0.0106. The van der Waals surface area contributed by atoms with Crippen LogP contribution in [-0.2, 0) is 177 Å². The number of aliphatic hydroxyl groups is 1. The van der Waals surface area contributed by atoms with Crippen molar-refractivity contribution in [3.05, 3.63) is 395 Å². The molecule has 0 aromatic heterocycles. The van der Waals surface area contributed by atoms with E-state index < -0.39 is 148 Å². The highest BCUT2D eigenvalue weighted by molar-refractivity contribution is 5.67. The average molecular weight is 1740 g/mol. The number of benzene rings is 11. The third kappa shape index (κ3) is 27.1. The van der Waals surface area contributed by atoms with E-state index in [0.717, 1.165) is 61.2 Å². The zero-order valence-electron chi connectivity index (χ0n) is 71.8. The summed E-state index contributed by atoms with van der Waals surface area (Å²) in [5.74, 6) is -1.40. The first-order valence-corrected chi connectivity index (χ1v) is 43.7. The molecule has 4 heterocycles. The number of hydrogen-bond acceptors (Lipinski definition) is 23. The standard InChI is InChI=1S/C105H112O23/c1-73(106)111-71-89-93(122-74(2)107)97(118-66-83-52-30-11-31-53-83)101(128-104-99(120-68-85-56-34-13-35-57-85)95(116-64-81-48-26-9-27-49-81)90(112-60-77-40-18-5-19-41-77)87(125-104)70-110-59-76-38-16-4-17-39-76)105(126-89)127-100-96(117-65-82-50-28-10-29-51-82)91(113-61-78-42-20-6-21-43-78)86(69-109-58-75-36-14-3-15-37-75)124-103(100)121-72-88-92(114-62-79-44-22-7-23-45-79)94(115-63-80-46-24-8-25-47-80)98(102(108)123-88)119-67-84-54-32-12-33-55-84/h3-57,86-105,108H,58-72H2,1-2H3/t86-,87-,88-,89-,90-,91-,92-,93-,94+,95+,96+,97+,98+,99+,100+,101+,102+,103+,104-,105-/m1/s1. The van der Waals surface area contributed by atoms with Gasteiger partial charge in [-0.25, -0.2) is 0 Å². The SMILES string of the molecule is CC(=O)OC[C@H]1O[C@H](O[C@@H]2[C@@H](OC[C@H]3O[C@H](O)[C@@H](OCc4ccccc4)[C@@H](OCc4ccccc4)[C@@H]3OCc3ccccc3)O[C@H](COCc3ccccc3)[C@@H](OCc3ccccc3)[C@@H]2OCc2ccccc2)[C@@H](O[C@H]2O[C@H](COCc3ccccc3)[C@@H](OCc3ccccc3)[C@H](OCc3ccccc3)[C@@H]2OCc2ccccc2)[C@@H](OCc2ccccc2)[C@@H]1OC(C)=O. The lowest BCUT2D eigenvalue weighted by molar-refractivity contribution is -0.405. The maximum absolute atomic E-state index is 14.2. The van der Waals surface area contributed by atoms with Crippen LogP contribution in [0.25, 0.3) is 0 Å². The molecule has 4 fully saturated rings. The van der Waals surface area contributed by atoms with E-state index in [4.69, 9.17) is 94.7 Å². The fourth-order valence-corrected chi connectivity index (χ4v) is 16.1. The van der Waals surface area contributed by atoms with Crippen LogP contribution in [0.2, 0.25) is 0 Å². The number of esters is 2. The zero-order chi connectivity index (χ0) is 87.7. The molecular weight excluding hydrogens is 1630 g/mol. The number of carbonyl (C=O) groups is 2. The van der Waals surface area contributed by atoms with Gasteiger partial charge in [-0.3, -0.25) is 9.59 Å². The second-order valence-electron chi connectivity index (χ2n) is 32.0. The Labute approximate surface area is 748 Å². The number of ether oxygens (including phenoxy) is 20. The van der Waals surface area contributed by atoms with Crippen molar-refractivity contribution in [2.75, 3.05) is 26.4 Å². The van der Waals surface area contributed by atoms with Gasteiger partial charge in [-0.05, 0) is 61.2 Å². The van der Waals surface area contributed by atoms with Gasteiger partial charge in [0, 0.05) is 13.8 Å². The Balaban J connectivity index is 0.886. The highest BCUT2D eigenvalue weighted by Crippen LogP contribution is 2.41. The fourth-order valence-electron chi connectivity index (χ4n) is 16.1. The Morgan fingerprint density at radius 3 is 0.758 bits per heavy atom. The van der Waals surface area contributed by atoms with Gasteiger partial charge in [0.05, 0.1) is 92.5 Å². The van der Waals surface area contributed by atoms with Crippen LogP contribution in [0.1, 0.15) is 75.0 Å². The van der Waals surface area contributed by atoms with Crippen LogP contribution in [0.4, 0.5) is 0 Å². The van der Waals surface area contributed by atoms with E-state index in [-0.39, 0.29) is 85.9 Å². The second-order valence-corrected chi connectivity index (χ2v) is 32.0. The number of carbonyl (C=O) groups excluding carboxylic acids is 2. The minimum Gasteiger partial charge on any atom is -0.463 e. The summed E-state index contributed by atoms with van der Waals surface area (Å²) in [7, 11) is 0. The molecule has 0 aliphatic carbocycles. The van der Waals surface area contributed by atoms with Crippen molar-refractivity contribution in [1.82, 2.24) is 0 Å². The van der Waals surface area contributed by atoms with Gasteiger partial charge in [0.2, 0.25) is 0 Å². The molecule has 15 rings (SSSR count). The van der Waals surface area contributed by atoms with Crippen molar-refractivity contribution < 1.29 is 109 Å². The lowest BCUT2D eigenvalue weighted by Crippen LogP contribution is -2.68. The molecule has 4 saturated heterocycles. The van der Waals surface area contributed by atoms with Crippen molar-refractivity contribution in [3.8, 4) is 0 Å². The number of rotatable bonds is 45. The first kappa shape index (κ1) is 92.3. The summed E-state index contributed by atoms with van der Waals surface area (Å²) in [5, 5.41) is 12.7. The molecule has 23 heteroatoms. The van der Waals surface area contributed by atoms with E-state index in [2.05, 4.69) is 0 Å². The highest BCUT2D eigenvalue weighted by atomic mass is 16.8. The molecular formula is C105H112O23. The van der Waals surface area contributed by atoms with Crippen molar-refractivity contribution >= 4 is 11.9 Å². The van der Waals surface area contributed by atoms with Crippen LogP contribution < -0.4 is 0 Å². The Bertz CT molecular complexity index is 4960. The minimum atomic E-state index is -1.76. The molecule has 128 heavy (non-hydrogen) atoms. The monoisotopic (exact) mass is 1740 g/mol. The zero-order valence-corrected chi connectivity index (χ0v) is 71.8. The second kappa shape index (κ2) is 48.8. The largest absolute Gasteiger partial charge is 0.463 e. The first-order chi connectivity index (χ1) is 63.0. The molecule has 0 saturated carbocycles. The maximum Gasteiger partial charge on any atom is 0.303 e. The smallest absolute Gasteiger partial charge is 0.303 e. The predicted octanol–water partition coefficient (Wildman–Crippen LogP) is 15.9. The molecule has 11 aromatic rings. The van der Waals surface area contributed by atoms with E-state index in [1.54, 1.807) is 0 Å². The average Bonchev–Trinajstić information content (AvgIpc) is 0.758. The quantitative estimate of drug-likeness (QED) is 0.0349. The van der Waals surface area contributed by atoms with E-state index in [9.17, 15) is 14.7 Å². The van der Waals surface area contributed by atoms with Crippen molar-refractivity contribution in [2.45, 2.75) is 209 Å². The molecule has 670 valence electrons. The van der Waals surface area contributed by atoms with Crippen LogP contribution >= 0.6 is 0 Å². The molecule has 0 radical (unpaired) electrons. The molecule has 4 aliphatic rings. The molecule has 4 aliphatic heterocycles. The summed E-state index contributed by atoms with van der Waals surface area (Å²) in [6.45, 7) is 2.20. The summed E-state index contributed by atoms with van der Waals surface area (Å²) in [6, 6.07) is 107. The summed E-state index contributed by atoms with van der Waals surface area (Å²) in [5.41, 5.74) is 9.21. The number of aliphatic hydroxyl groups excluding tert-OH is 1. The van der Waals surface area contributed by atoms with Gasteiger partial charge in [0.15, 0.2) is 31.3 Å². The molecule has 1 N–H and O–H groups in total.